The number of ether oxygens (including phenoxy) is 2. The molecule has 6 nitrogen and oxygen atoms in total. The van der Waals surface area contributed by atoms with Crippen LogP contribution in [0.3, 0.4) is 0 Å². The number of aromatic nitrogens is 1. The third-order valence-corrected chi connectivity index (χ3v) is 6.25. The average molecular weight is 437 g/mol. The van der Waals surface area contributed by atoms with Crippen molar-refractivity contribution in [1.82, 2.24) is 10.1 Å². The summed E-state index contributed by atoms with van der Waals surface area (Å²) in [6, 6.07) is 12.3. The van der Waals surface area contributed by atoms with E-state index < -0.39 is 6.10 Å². The molecule has 0 unspecified atom stereocenters. The molecular weight excluding hydrogens is 404 g/mol. The van der Waals surface area contributed by atoms with Crippen LogP contribution in [-0.2, 0) is 13.2 Å². The molecule has 4 rings (SSSR count). The van der Waals surface area contributed by atoms with Gasteiger partial charge in [0.2, 0.25) is 0 Å². The lowest BCUT2D eigenvalue weighted by molar-refractivity contribution is 0.0731. The van der Waals surface area contributed by atoms with E-state index in [0.717, 1.165) is 40.6 Å². The molecule has 0 bridgehead atoms. The highest BCUT2D eigenvalue weighted by Crippen LogP contribution is 2.27. The van der Waals surface area contributed by atoms with Crippen molar-refractivity contribution in [2.75, 3.05) is 13.1 Å². The predicted molar refractivity (Wildman–Crippen MR) is 123 cm³/mol. The van der Waals surface area contributed by atoms with Gasteiger partial charge in [-0.15, -0.1) is 0 Å². The number of benzene rings is 2. The molecule has 2 atom stereocenters. The van der Waals surface area contributed by atoms with Gasteiger partial charge in [0.15, 0.2) is 0 Å². The van der Waals surface area contributed by atoms with E-state index in [1.807, 2.05) is 26.0 Å². The number of aryl methyl sites for hydroxylation is 4. The minimum atomic E-state index is -0.507. The van der Waals surface area contributed by atoms with Gasteiger partial charge in [0.1, 0.15) is 36.1 Å². The molecule has 2 aromatic carbocycles. The van der Waals surface area contributed by atoms with Crippen molar-refractivity contribution in [2.45, 2.75) is 60.0 Å². The summed E-state index contributed by atoms with van der Waals surface area (Å²) >= 11 is 0. The molecule has 0 radical (unpaired) electrons. The Morgan fingerprint density at radius 1 is 1.06 bits per heavy atom. The van der Waals surface area contributed by atoms with Gasteiger partial charge in [0.25, 0.3) is 0 Å². The molecule has 0 amide bonds. The van der Waals surface area contributed by atoms with E-state index in [-0.39, 0.29) is 6.10 Å². The van der Waals surface area contributed by atoms with Gasteiger partial charge in [-0.3, -0.25) is 4.90 Å². The molecule has 1 N–H and O–H groups in total. The van der Waals surface area contributed by atoms with E-state index >= 15 is 0 Å². The summed E-state index contributed by atoms with van der Waals surface area (Å²) in [5, 5.41) is 14.5. The first-order valence-corrected chi connectivity index (χ1v) is 11.1. The van der Waals surface area contributed by atoms with Crippen LogP contribution in [0.15, 0.2) is 40.9 Å². The van der Waals surface area contributed by atoms with Gasteiger partial charge in [-0.05, 0) is 75.1 Å². The largest absolute Gasteiger partial charge is 0.489 e. The first-order valence-electron chi connectivity index (χ1n) is 11.1. The van der Waals surface area contributed by atoms with Gasteiger partial charge in [0.05, 0.1) is 11.3 Å². The number of nitrogens with zero attached hydrogens (tertiary/aromatic N) is 2. The molecule has 32 heavy (non-hydrogen) atoms. The number of rotatable bonds is 7. The minimum absolute atomic E-state index is 0.229. The Hall–Kier alpha value is -2.83. The Balaban J connectivity index is 1.33. The fraction of sp³-hybridized carbons (Fsp3) is 0.423. The third kappa shape index (κ3) is 4.97. The number of aliphatic hydroxyl groups is 1. The molecule has 1 saturated heterocycles. The number of β-amino-alcohol motifs (C(OH)–C–C–N with tert-alkyl or cyclic N) is 1. The summed E-state index contributed by atoms with van der Waals surface area (Å²) in [6.07, 6.45) is -0.736. The Morgan fingerprint density at radius 3 is 2.50 bits per heavy atom. The Labute approximate surface area is 189 Å². The fourth-order valence-corrected chi connectivity index (χ4v) is 4.18. The Morgan fingerprint density at radius 2 is 1.81 bits per heavy atom. The molecule has 0 saturated carbocycles. The van der Waals surface area contributed by atoms with Crippen molar-refractivity contribution in [3.63, 3.8) is 0 Å². The number of aliphatic hydroxyl groups excluding tert-OH is 1. The van der Waals surface area contributed by atoms with Crippen molar-refractivity contribution in [1.29, 1.82) is 0 Å². The summed E-state index contributed by atoms with van der Waals surface area (Å²) in [6.45, 7) is 12.5. The molecule has 0 aliphatic carbocycles. The Bertz CT molecular complexity index is 1050. The first-order chi connectivity index (χ1) is 15.3. The second-order valence-corrected chi connectivity index (χ2v) is 8.86. The SMILES string of the molecule is Cc1cc(C)c(C)c(O[C@H]2CN(Cc3ccc(OCc4c(C)noc4C)cc3)C[C@@H]2O)c1. The van der Waals surface area contributed by atoms with Crippen LogP contribution in [0.1, 0.15) is 39.3 Å². The van der Waals surface area contributed by atoms with E-state index in [1.165, 1.54) is 16.7 Å². The zero-order chi connectivity index (χ0) is 22.8. The summed E-state index contributed by atoms with van der Waals surface area (Å²) in [7, 11) is 0. The van der Waals surface area contributed by atoms with Crippen molar-refractivity contribution < 1.29 is 19.1 Å². The van der Waals surface area contributed by atoms with Gasteiger partial charge in [-0.2, -0.15) is 0 Å². The molecule has 170 valence electrons. The smallest absolute Gasteiger partial charge is 0.140 e. The highest BCUT2D eigenvalue weighted by atomic mass is 16.5. The van der Waals surface area contributed by atoms with Gasteiger partial charge in [-0.25, -0.2) is 0 Å². The van der Waals surface area contributed by atoms with Crippen molar-refractivity contribution in [3.05, 3.63) is 75.7 Å². The molecule has 0 spiro atoms. The zero-order valence-electron chi connectivity index (χ0n) is 19.5. The van der Waals surface area contributed by atoms with E-state index in [4.69, 9.17) is 14.0 Å². The standard InChI is InChI=1S/C26H32N2O4/c1-16-10-17(2)18(3)25(11-16)31-26-14-28(13-24(26)29)12-21-6-8-22(9-7-21)30-15-23-19(4)27-32-20(23)5/h6-11,24,26,29H,12-15H2,1-5H3/t24-,26-/m0/s1. The van der Waals surface area contributed by atoms with E-state index in [1.54, 1.807) is 0 Å². The summed E-state index contributed by atoms with van der Waals surface area (Å²) < 4.78 is 17.3. The highest BCUT2D eigenvalue weighted by Gasteiger charge is 2.33. The second kappa shape index (κ2) is 9.35. The molecule has 3 aromatic rings. The number of likely N-dealkylation sites (tertiary alicyclic amines) is 1. The normalized spacial score (nSPS) is 18.8. The maximum atomic E-state index is 10.6. The van der Waals surface area contributed by atoms with Crippen LogP contribution in [0.4, 0.5) is 0 Å². The summed E-state index contributed by atoms with van der Waals surface area (Å²) in [4.78, 5) is 2.23. The molecule has 1 aliphatic heterocycles. The van der Waals surface area contributed by atoms with Crippen LogP contribution in [0.5, 0.6) is 11.5 Å². The summed E-state index contributed by atoms with van der Waals surface area (Å²) in [5.74, 6) is 2.47. The summed E-state index contributed by atoms with van der Waals surface area (Å²) in [5.41, 5.74) is 6.54. The average Bonchev–Trinajstić information content (AvgIpc) is 3.26. The number of hydrogen-bond donors (Lipinski definition) is 1. The van der Waals surface area contributed by atoms with Crippen molar-refractivity contribution in [2.24, 2.45) is 0 Å². The van der Waals surface area contributed by atoms with Crippen LogP contribution in [0, 0.1) is 34.6 Å². The maximum absolute atomic E-state index is 10.6. The lowest BCUT2D eigenvalue weighted by atomic mass is 10.1. The fourth-order valence-electron chi connectivity index (χ4n) is 4.18. The lowest BCUT2D eigenvalue weighted by Crippen LogP contribution is -2.30. The van der Waals surface area contributed by atoms with E-state index in [9.17, 15) is 5.11 Å². The zero-order valence-corrected chi connectivity index (χ0v) is 19.5. The predicted octanol–water partition coefficient (Wildman–Crippen LogP) is 4.42. The van der Waals surface area contributed by atoms with E-state index in [0.29, 0.717) is 19.7 Å². The second-order valence-electron chi connectivity index (χ2n) is 8.86. The monoisotopic (exact) mass is 436 g/mol. The highest BCUT2D eigenvalue weighted by molar-refractivity contribution is 5.42. The van der Waals surface area contributed by atoms with Gasteiger partial charge in [-0.1, -0.05) is 23.4 Å². The minimum Gasteiger partial charge on any atom is -0.489 e. The van der Waals surface area contributed by atoms with Gasteiger partial charge in [0, 0.05) is 19.6 Å². The van der Waals surface area contributed by atoms with Gasteiger partial charge >= 0.3 is 0 Å². The van der Waals surface area contributed by atoms with Gasteiger partial charge < -0.3 is 19.1 Å². The van der Waals surface area contributed by atoms with Crippen LogP contribution in [-0.4, -0.2) is 40.5 Å². The third-order valence-electron chi connectivity index (χ3n) is 6.25. The van der Waals surface area contributed by atoms with Crippen molar-refractivity contribution >= 4 is 0 Å². The molecule has 6 heteroatoms. The Kier molecular flexibility index (Phi) is 6.53. The van der Waals surface area contributed by atoms with Crippen LogP contribution in [0.25, 0.3) is 0 Å². The van der Waals surface area contributed by atoms with Crippen LogP contribution >= 0.6 is 0 Å². The van der Waals surface area contributed by atoms with Crippen molar-refractivity contribution in [3.8, 4) is 11.5 Å². The molecule has 1 aromatic heterocycles. The molecule has 1 aliphatic rings. The molecule has 2 heterocycles. The maximum Gasteiger partial charge on any atom is 0.140 e. The molecular formula is C26H32N2O4. The van der Waals surface area contributed by atoms with Crippen LogP contribution < -0.4 is 9.47 Å². The van der Waals surface area contributed by atoms with Crippen LogP contribution in [0.2, 0.25) is 0 Å². The first kappa shape index (κ1) is 22.4. The number of hydrogen-bond acceptors (Lipinski definition) is 6. The lowest BCUT2D eigenvalue weighted by Gasteiger charge is -2.20. The topological polar surface area (TPSA) is 68.0 Å². The quantitative estimate of drug-likeness (QED) is 0.591. The molecule has 1 fully saturated rings. The van der Waals surface area contributed by atoms with E-state index in [2.05, 4.69) is 55.1 Å².